The van der Waals surface area contributed by atoms with Crippen molar-refractivity contribution in [3.05, 3.63) is 36.2 Å². The van der Waals surface area contributed by atoms with E-state index in [1.165, 1.54) is 0 Å². The zero-order chi connectivity index (χ0) is 16.2. The van der Waals surface area contributed by atoms with E-state index >= 15 is 0 Å². The first-order valence-electron chi connectivity index (χ1n) is 7.55. The van der Waals surface area contributed by atoms with Gasteiger partial charge in [0, 0.05) is 19.2 Å². The first-order valence-corrected chi connectivity index (χ1v) is 7.55. The van der Waals surface area contributed by atoms with Gasteiger partial charge in [-0.1, -0.05) is 12.1 Å². The van der Waals surface area contributed by atoms with Crippen molar-refractivity contribution in [2.45, 2.75) is 31.4 Å². The van der Waals surface area contributed by atoms with Crippen LogP contribution >= 0.6 is 0 Å². The Hall–Kier alpha value is -2.54. The van der Waals surface area contributed by atoms with E-state index in [0.717, 1.165) is 17.5 Å². The van der Waals surface area contributed by atoms with Gasteiger partial charge in [-0.2, -0.15) is 0 Å². The summed E-state index contributed by atoms with van der Waals surface area (Å²) in [5.74, 6) is -0.911. The molecule has 2 amide bonds. The van der Waals surface area contributed by atoms with Crippen LogP contribution in [-0.4, -0.2) is 40.5 Å². The van der Waals surface area contributed by atoms with Crippen LogP contribution in [0.2, 0.25) is 0 Å². The van der Waals surface area contributed by atoms with E-state index in [2.05, 4.69) is 15.3 Å². The number of ether oxygens (including phenoxy) is 1. The maximum absolute atomic E-state index is 12.1. The molecule has 0 spiro atoms. The Morgan fingerprint density at radius 2 is 2.13 bits per heavy atom. The van der Waals surface area contributed by atoms with Gasteiger partial charge in [0.2, 0.25) is 11.8 Å². The molecule has 0 aliphatic carbocycles. The second-order valence-corrected chi connectivity index (χ2v) is 5.52. The highest BCUT2D eigenvalue weighted by atomic mass is 16.5. The molecule has 0 unspecified atom stereocenters. The number of benzene rings is 1. The molecule has 1 aromatic heterocycles. The Morgan fingerprint density at radius 3 is 2.83 bits per heavy atom. The zero-order valence-corrected chi connectivity index (χ0v) is 12.6. The Kier molecular flexibility index (Phi) is 4.47. The van der Waals surface area contributed by atoms with Gasteiger partial charge < -0.3 is 15.8 Å². The summed E-state index contributed by atoms with van der Waals surface area (Å²) < 4.78 is 5.31. The minimum absolute atomic E-state index is 0.200. The van der Waals surface area contributed by atoms with E-state index in [1.807, 2.05) is 24.3 Å². The van der Waals surface area contributed by atoms with Crippen LogP contribution < -0.4 is 11.1 Å². The third-order valence-corrected chi connectivity index (χ3v) is 3.79. The summed E-state index contributed by atoms with van der Waals surface area (Å²) in [4.78, 5) is 32.5. The predicted octanol–water partition coefficient (Wildman–Crippen LogP) is 0.321. The number of nitrogens with two attached hydrogens (primary N) is 1. The topological polar surface area (TPSA) is 107 Å². The standard InChI is InChI=1S/C16H18N4O3/c17-15(21)13(20-16(22)14-6-3-7-23-14)8-10-9-18-11-4-1-2-5-12(11)19-10/h1-2,4-5,9,13-14H,3,6-8H2,(H2,17,21)(H,20,22)/t13-,14-/m1/s1. The van der Waals surface area contributed by atoms with Crippen LogP contribution in [0.3, 0.4) is 0 Å². The van der Waals surface area contributed by atoms with Crippen molar-refractivity contribution >= 4 is 22.8 Å². The molecule has 23 heavy (non-hydrogen) atoms. The van der Waals surface area contributed by atoms with Crippen molar-refractivity contribution in [3.63, 3.8) is 0 Å². The highest BCUT2D eigenvalue weighted by molar-refractivity contribution is 5.88. The van der Waals surface area contributed by atoms with Crippen LogP contribution in [0.5, 0.6) is 0 Å². The Bertz CT molecular complexity index is 728. The van der Waals surface area contributed by atoms with Crippen LogP contribution in [0.15, 0.2) is 30.5 Å². The SMILES string of the molecule is NC(=O)[C@@H](Cc1cnc2ccccc2n1)NC(=O)[C@H]1CCCO1. The molecule has 120 valence electrons. The third-order valence-electron chi connectivity index (χ3n) is 3.79. The number of primary amides is 1. The quantitative estimate of drug-likeness (QED) is 0.826. The monoisotopic (exact) mass is 314 g/mol. The fourth-order valence-electron chi connectivity index (χ4n) is 2.57. The van der Waals surface area contributed by atoms with Gasteiger partial charge in [0.25, 0.3) is 0 Å². The lowest BCUT2D eigenvalue weighted by Crippen LogP contribution is -2.49. The van der Waals surface area contributed by atoms with E-state index in [1.54, 1.807) is 6.20 Å². The van der Waals surface area contributed by atoms with Crippen molar-refractivity contribution in [2.75, 3.05) is 6.61 Å². The minimum atomic E-state index is -0.831. The first-order chi connectivity index (χ1) is 11.1. The average molecular weight is 314 g/mol. The number of nitrogens with one attached hydrogen (secondary N) is 1. The number of rotatable bonds is 5. The number of fused-ring (bicyclic) bond motifs is 1. The van der Waals surface area contributed by atoms with E-state index < -0.39 is 18.1 Å². The first kappa shape index (κ1) is 15.4. The maximum Gasteiger partial charge on any atom is 0.249 e. The minimum Gasteiger partial charge on any atom is -0.368 e. The summed E-state index contributed by atoms with van der Waals surface area (Å²) in [6.07, 6.45) is 2.80. The van der Waals surface area contributed by atoms with Gasteiger partial charge in [-0.05, 0) is 25.0 Å². The predicted molar refractivity (Wildman–Crippen MR) is 83.3 cm³/mol. The van der Waals surface area contributed by atoms with Crippen LogP contribution in [0.1, 0.15) is 18.5 Å². The summed E-state index contributed by atoms with van der Waals surface area (Å²) in [6.45, 7) is 0.565. The van der Waals surface area contributed by atoms with E-state index in [4.69, 9.17) is 10.5 Å². The molecule has 7 nitrogen and oxygen atoms in total. The second kappa shape index (κ2) is 6.70. The Labute approximate surface area is 133 Å². The van der Waals surface area contributed by atoms with Crippen molar-refractivity contribution < 1.29 is 14.3 Å². The molecule has 3 rings (SSSR count). The number of carbonyl (C=O) groups is 2. The number of aromatic nitrogens is 2. The molecule has 0 radical (unpaired) electrons. The molecule has 1 fully saturated rings. The number of nitrogens with zero attached hydrogens (tertiary/aromatic N) is 2. The van der Waals surface area contributed by atoms with Gasteiger partial charge >= 0.3 is 0 Å². The molecule has 0 saturated carbocycles. The van der Waals surface area contributed by atoms with Crippen molar-refractivity contribution in [1.29, 1.82) is 0 Å². The largest absolute Gasteiger partial charge is 0.368 e. The van der Waals surface area contributed by atoms with Crippen molar-refractivity contribution in [1.82, 2.24) is 15.3 Å². The molecule has 2 aromatic rings. The number of para-hydroxylation sites is 2. The van der Waals surface area contributed by atoms with Gasteiger partial charge in [0.05, 0.1) is 16.7 Å². The summed E-state index contributed by atoms with van der Waals surface area (Å²) >= 11 is 0. The summed E-state index contributed by atoms with van der Waals surface area (Å²) in [6, 6.07) is 6.62. The molecule has 7 heteroatoms. The summed E-state index contributed by atoms with van der Waals surface area (Å²) in [5.41, 5.74) is 7.51. The van der Waals surface area contributed by atoms with Crippen molar-refractivity contribution in [2.24, 2.45) is 5.73 Å². The third kappa shape index (κ3) is 3.62. The van der Waals surface area contributed by atoms with Gasteiger partial charge in [-0.3, -0.25) is 14.6 Å². The second-order valence-electron chi connectivity index (χ2n) is 5.52. The van der Waals surface area contributed by atoms with Gasteiger partial charge in [-0.15, -0.1) is 0 Å². The van der Waals surface area contributed by atoms with Gasteiger partial charge in [0.1, 0.15) is 12.1 Å². The van der Waals surface area contributed by atoms with Crippen LogP contribution in [0, 0.1) is 0 Å². The number of carbonyl (C=O) groups excluding carboxylic acids is 2. The lowest BCUT2D eigenvalue weighted by molar-refractivity contribution is -0.133. The maximum atomic E-state index is 12.1. The van der Waals surface area contributed by atoms with E-state index in [0.29, 0.717) is 18.7 Å². The molecule has 2 heterocycles. The average Bonchev–Trinajstić information content (AvgIpc) is 3.08. The normalized spacial score (nSPS) is 18.7. The molecular weight excluding hydrogens is 296 g/mol. The lowest BCUT2D eigenvalue weighted by atomic mass is 10.1. The van der Waals surface area contributed by atoms with Crippen LogP contribution in [-0.2, 0) is 20.7 Å². The van der Waals surface area contributed by atoms with Crippen molar-refractivity contribution in [3.8, 4) is 0 Å². The lowest BCUT2D eigenvalue weighted by Gasteiger charge is -2.17. The fraction of sp³-hybridized carbons (Fsp3) is 0.375. The molecule has 1 aliphatic heterocycles. The van der Waals surface area contributed by atoms with Gasteiger partial charge in [0.15, 0.2) is 0 Å². The molecular formula is C16H18N4O3. The summed E-state index contributed by atoms with van der Waals surface area (Å²) in [7, 11) is 0. The smallest absolute Gasteiger partial charge is 0.249 e. The van der Waals surface area contributed by atoms with Crippen LogP contribution in [0.25, 0.3) is 11.0 Å². The number of amides is 2. The molecule has 2 atom stereocenters. The molecule has 1 aliphatic rings. The van der Waals surface area contributed by atoms with Crippen LogP contribution in [0.4, 0.5) is 0 Å². The summed E-state index contributed by atoms with van der Waals surface area (Å²) in [5, 5.41) is 2.65. The number of hydrogen-bond acceptors (Lipinski definition) is 5. The highest BCUT2D eigenvalue weighted by Crippen LogP contribution is 2.13. The fourth-order valence-corrected chi connectivity index (χ4v) is 2.57. The van der Waals surface area contributed by atoms with E-state index in [9.17, 15) is 9.59 Å². The van der Waals surface area contributed by atoms with E-state index in [-0.39, 0.29) is 12.3 Å². The zero-order valence-electron chi connectivity index (χ0n) is 12.6. The Balaban J connectivity index is 1.72. The molecule has 0 bridgehead atoms. The highest BCUT2D eigenvalue weighted by Gasteiger charge is 2.27. The molecule has 1 saturated heterocycles. The molecule has 3 N–H and O–H groups in total. The van der Waals surface area contributed by atoms with Gasteiger partial charge in [-0.25, -0.2) is 4.98 Å². The Morgan fingerprint density at radius 1 is 1.35 bits per heavy atom. The number of hydrogen-bond donors (Lipinski definition) is 2. The molecule has 1 aromatic carbocycles.